The van der Waals surface area contributed by atoms with Crippen LogP contribution in [0.15, 0.2) is 0 Å². The molecule has 3 heterocycles. The van der Waals surface area contributed by atoms with Gasteiger partial charge in [0.05, 0.1) is 12.1 Å². The third-order valence-electron chi connectivity index (χ3n) is 3.21. The summed E-state index contributed by atoms with van der Waals surface area (Å²) < 4.78 is 5.37. The molecule has 0 radical (unpaired) electrons. The zero-order valence-corrected chi connectivity index (χ0v) is 9.61. The summed E-state index contributed by atoms with van der Waals surface area (Å²) in [6.45, 7) is 9.42. The lowest BCUT2D eigenvalue weighted by Gasteiger charge is -2.46. The summed E-state index contributed by atoms with van der Waals surface area (Å²) in [5.41, 5.74) is 0. The molecule has 0 N–H and O–H groups in total. The topological polar surface area (TPSA) is 32.8 Å². The van der Waals surface area contributed by atoms with E-state index < -0.39 is 0 Å². The Kier molecular flexibility index (Phi) is 3.38. The van der Waals surface area contributed by atoms with Crippen molar-refractivity contribution in [2.75, 3.05) is 39.3 Å². The van der Waals surface area contributed by atoms with Gasteiger partial charge >= 0.3 is 0 Å². The fourth-order valence-electron chi connectivity index (χ4n) is 2.27. The van der Waals surface area contributed by atoms with Gasteiger partial charge in [0.1, 0.15) is 6.61 Å². The molecule has 0 aromatic rings. The van der Waals surface area contributed by atoms with Gasteiger partial charge < -0.3 is 4.74 Å². The highest BCUT2D eigenvalue weighted by Crippen LogP contribution is 2.16. The average Bonchev–Trinajstić information content (AvgIpc) is 2.27. The molecule has 0 aromatic carbocycles. The number of rotatable bonds is 4. The number of carbonyl (C=O) groups excluding carboxylic acids is 1. The fourth-order valence-corrected chi connectivity index (χ4v) is 2.27. The van der Waals surface area contributed by atoms with Crippen molar-refractivity contribution < 1.29 is 9.53 Å². The van der Waals surface area contributed by atoms with Crippen molar-refractivity contribution in [2.24, 2.45) is 0 Å². The van der Waals surface area contributed by atoms with Crippen LogP contribution in [0.4, 0.5) is 0 Å². The molecule has 86 valence electrons. The van der Waals surface area contributed by atoms with Crippen molar-refractivity contribution in [3.05, 3.63) is 0 Å². The summed E-state index contributed by atoms with van der Waals surface area (Å²) in [5.74, 6) is 0.244. The molecule has 4 heteroatoms. The van der Waals surface area contributed by atoms with Crippen molar-refractivity contribution in [3.63, 3.8) is 0 Å². The summed E-state index contributed by atoms with van der Waals surface area (Å²) in [6, 6.07) is 0.0891. The number of hydrogen-bond donors (Lipinski definition) is 0. The fraction of sp³-hybridized carbons (Fsp3) is 0.909. The number of ketones is 1. The van der Waals surface area contributed by atoms with E-state index in [0.717, 1.165) is 32.7 Å². The van der Waals surface area contributed by atoms with E-state index in [1.807, 2.05) is 13.8 Å². The summed E-state index contributed by atoms with van der Waals surface area (Å²) in [6.07, 6.45) is 0.144. The SMILES string of the molecule is CC(C)OCC(=O)C1CN2CCN1CC2. The number of hydrogen-bond acceptors (Lipinski definition) is 4. The van der Waals surface area contributed by atoms with Crippen LogP contribution in [-0.2, 0) is 9.53 Å². The molecule has 4 nitrogen and oxygen atoms in total. The zero-order valence-electron chi connectivity index (χ0n) is 9.61. The second-order valence-corrected chi connectivity index (χ2v) is 4.68. The summed E-state index contributed by atoms with van der Waals surface area (Å²) in [4.78, 5) is 16.6. The first-order valence-electron chi connectivity index (χ1n) is 5.77. The van der Waals surface area contributed by atoms with Gasteiger partial charge in [-0.05, 0) is 13.8 Å². The number of piperazine rings is 3. The number of fused-ring (bicyclic) bond motifs is 3. The minimum absolute atomic E-state index is 0.0891. The van der Waals surface area contributed by atoms with Gasteiger partial charge in [-0.2, -0.15) is 0 Å². The van der Waals surface area contributed by atoms with Crippen molar-refractivity contribution in [3.8, 4) is 0 Å². The highest BCUT2D eigenvalue weighted by Gasteiger charge is 2.35. The first kappa shape index (κ1) is 11.0. The average molecular weight is 212 g/mol. The predicted octanol–water partition coefficient (Wildman–Crippen LogP) is -0.0197. The van der Waals surface area contributed by atoms with Crippen LogP contribution in [0.3, 0.4) is 0 Å². The lowest BCUT2D eigenvalue weighted by atomic mass is 10.0. The molecule has 3 rings (SSSR count). The minimum atomic E-state index is 0.0891. The molecular formula is C11H20N2O2. The maximum absolute atomic E-state index is 11.9. The van der Waals surface area contributed by atoms with Crippen LogP contribution in [0.5, 0.6) is 0 Å². The first-order valence-corrected chi connectivity index (χ1v) is 5.77. The molecule has 0 aliphatic carbocycles. The van der Waals surface area contributed by atoms with Gasteiger partial charge in [-0.3, -0.25) is 14.6 Å². The molecule has 15 heavy (non-hydrogen) atoms. The molecular weight excluding hydrogens is 192 g/mol. The van der Waals surface area contributed by atoms with E-state index in [1.54, 1.807) is 0 Å². The largest absolute Gasteiger partial charge is 0.371 e. The highest BCUT2D eigenvalue weighted by molar-refractivity contribution is 5.85. The maximum atomic E-state index is 11.9. The predicted molar refractivity (Wildman–Crippen MR) is 57.9 cm³/mol. The van der Waals surface area contributed by atoms with E-state index in [1.165, 1.54) is 0 Å². The Balaban J connectivity index is 1.85. The van der Waals surface area contributed by atoms with Gasteiger partial charge in [0.25, 0.3) is 0 Å². The van der Waals surface area contributed by atoms with Crippen LogP contribution >= 0.6 is 0 Å². The summed E-state index contributed by atoms with van der Waals surface area (Å²) in [5, 5.41) is 0. The van der Waals surface area contributed by atoms with Crippen LogP contribution < -0.4 is 0 Å². The minimum Gasteiger partial charge on any atom is -0.371 e. The maximum Gasteiger partial charge on any atom is 0.176 e. The number of nitrogens with zero attached hydrogens (tertiary/aromatic N) is 2. The molecule has 0 amide bonds. The van der Waals surface area contributed by atoms with Crippen molar-refractivity contribution >= 4 is 5.78 Å². The van der Waals surface area contributed by atoms with Gasteiger partial charge in [-0.25, -0.2) is 0 Å². The van der Waals surface area contributed by atoms with Gasteiger partial charge in [0.15, 0.2) is 5.78 Å². The Hall–Kier alpha value is -0.450. The van der Waals surface area contributed by atoms with E-state index in [9.17, 15) is 4.79 Å². The Morgan fingerprint density at radius 2 is 2.00 bits per heavy atom. The van der Waals surface area contributed by atoms with Crippen LogP contribution in [0.1, 0.15) is 13.8 Å². The van der Waals surface area contributed by atoms with Crippen molar-refractivity contribution in [1.29, 1.82) is 0 Å². The molecule has 1 unspecified atom stereocenters. The second kappa shape index (κ2) is 4.60. The second-order valence-electron chi connectivity index (χ2n) is 4.68. The highest BCUT2D eigenvalue weighted by atomic mass is 16.5. The van der Waals surface area contributed by atoms with E-state index in [-0.39, 0.29) is 24.5 Å². The van der Waals surface area contributed by atoms with Gasteiger partial charge in [-0.1, -0.05) is 0 Å². The third-order valence-corrected chi connectivity index (χ3v) is 3.21. The Labute approximate surface area is 91.2 Å². The molecule has 0 saturated carbocycles. The van der Waals surface area contributed by atoms with Gasteiger partial charge in [0, 0.05) is 32.7 Å². The monoisotopic (exact) mass is 212 g/mol. The lowest BCUT2D eigenvalue weighted by molar-refractivity contribution is -0.135. The molecule has 0 aromatic heterocycles. The van der Waals surface area contributed by atoms with Crippen LogP contribution in [0.2, 0.25) is 0 Å². The normalized spacial score (nSPS) is 34.7. The number of carbonyl (C=O) groups is 1. The third kappa shape index (κ3) is 2.56. The van der Waals surface area contributed by atoms with Crippen LogP contribution in [-0.4, -0.2) is 67.1 Å². The molecule has 3 saturated heterocycles. The molecule has 1 atom stereocenters. The Morgan fingerprint density at radius 1 is 1.33 bits per heavy atom. The Morgan fingerprint density at radius 3 is 2.47 bits per heavy atom. The molecule has 2 bridgehead atoms. The Bertz CT molecular complexity index is 235. The van der Waals surface area contributed by atoms with Crippen LogP contribution in [0, 0.1) is 0 Å². The summed E-state index contributed by atoms with van der Waals surface area (Å²) >= 11 is 0. The van der Waals surface area contributed by atoms with E-state index in [4.69, 9.17) is 4.74 Å². The smallest absolute Gasteiger partial charge is 0.176 e. The van der Waals surface area contributed by atoms with E-state index in [2.05, 4.69) is 9.80 Å². The molecule has 3 aliphatic rings. The van der Waals surface area contributed by atoms with Crippen molar-refractivity contribution in [1.82, 2.24) is 9.80 Å². The number of ether oxygens (including phenoxy) is 1. The summed E-state index contributed by atoms with van der Waals surface area (Å²) in [7, 11) is 0. The molecule has 3 aliphatic heterocycles. The standard InChI is InChI=1S/C11H20N2O2/c1-9(2)15-8-11(14)10-7-12-3-5-13(10)6-4-12/h9-10H,3-8H2,1-2H3. The first-order chi connectivity index (χ1) is 7.16. The van der Waals surface area contributed by atoms with Gasteiger partial charge in [-0.15, -0.1) is 0 Å². The molecule has 3 fully saturated rings. The molecule has 0 spiro atoms. The van der Waals surface area contributed by atoms with Crippen LogP contribution in [0.25, 0.3) is 0 Å². The van der Waals surface area contributed by atoms with Crippen molar-refractivity contribution in [2.45, 2.75) is 26.0 Å². The lowest BCUT2D eigenvalue weighted by Crippen LogP contribution is -2.63. The van der Waals surface area contributed by atoms with E-state index in [0.29, 0.717) is 0 Å². The zero-order chi connectivity index (χ0) is 10.8. The number of Topliss-reactive ketones (excluding diaryl/α,β-unsaturated/α-hetero) is 1. The van der Waals surface area contributed by atoms with E-state index >= 15 is 0 Å². The quantitative estimate of drug-likeness (QED) is 0.656. The van der Waals surface area contributed by atoms with Gasteiger partial charge in [0.2, 0.25) is 0 Å².